The zero-order valence-electron chi connectivity index (χ0n) is 30.5. The molecule has 262 valence electrons. The molecular weight excluding hydrogens is 679 g/mol. The Hall–Kier alpha value is -7.49. The van der Waals surface area contributed by atoms with Crippen molar-refractivity contribution in [1.82, 2.24) is 15.0 Å². The summed E-state index contributed by atoms with van der Waals surface area (Å²) in [6.45, 7) is 0. The Morgan fingerprint density at radius 3 is 1.29 bits per heavy atom. The maximum absolute atomic E-state index is 5.43. The molecular formula is C53H35N3. The summed E-state index contributed by atoms with van der Waals surface area (Å²) in [7, 11) is 0. The van der Waals surface area contributed by atoms with Crippen molar-refractivity contribution in [3.05, 3.63) is 212 Å². The van der Waals surface area contributed by atoms with Crippen LogP contribution in [0.25, 0.3) is 100 Å². The van der Waals surface area contributed by atoms with Crippen LogP contribution >= 0.6 is 0 Å². The summed E-state index contributed by atoms with van der Waals surface area (Å²) in [6, 6.07) is 74.5. The summed E-state index contributed by atoms with van der Waals surface area (Å²) in [5, 5.41) is 3.52. The fourth-order valence-corrected chi connectivity index (χ4v) is 7.65. The first kappa shape index (κ1) is 33.1. The molecule has 0 aliphatic rings. The van der Waals surface area contributed by atoms with Crippen molar-refractivity contribution in [3.8, 4) is 78.5 Å². The van der Waals surface area contributed by atoms with Gasteiger partial charge in [-0.15, -0.1) is 0 Å². The van der Waals surface area contributed by atoms with Crippen LogP contribution in [-0.2, 0) is 0 Å². The van der Waals surface area contributed by atoms with Crippen LogP contribution in [0.15, 0.2) is 212 Å². The number of rotatable bonds is 7. The predicted molar refractivity (Wildman–Crippen MR) is 233 cm³/mol. The van der Waals surface area contributed by atoms with Gasteiger partial charge in [-0.2, -0.15) is 0 Å². The van der Waals surface area contributed by atoms with Gasteiger partial charge in [-0.1, -0.05) is 194 Å². The molecule has 2 heterocycles. The molecule has 0 spiro atoms. The molecule has 3 heteroatoms. The zero-order valence-corrected chi connectivity index (χ0v) is 30.5. The summed E-state index contributed by atoms with van der Waals surface area (Å²) >= 11 is 0. The first-order chi connectivity index (χ1) is 27.7. The Labute approximate surface area is 326 Å². The lowest BCUT2D eigenvalue weighted by Crippen LogP contribution is -1.96. The van der Waals surface area contributed by atoms with Gasteiger partial charge in [-0.05, 0) is 56.8 Å². The molecule has 10 rings (SSSR count). The van der Waals surface area contributed by atoms with Crippen LogP contribution in [0.4, 0.5) is 0 Å². The van der Waals surface area contributed by atoms with Crippen molar-refractivity contribution in [2.45, 2.75) is 0 Å². The Kier molecular flexibility index (Phi) is 8.51. The number of nitrogens with zero attached hydrogens (tertiary/aromatic N) is 3. The molecule has 0 amide bonds. The molecule has 10 aromatic rings. The lowest BCUT2D eigenvalue weighted by atomic mass is 9.90. The third-order valence-corrected chi connectivity index (χ3v) is 10.5. The second-order valence-electron chi connectivity index (χ2n) is 14.0. The molecule has 0 fully saturated rings. The molecule has 0 unspecified atom stereocenters. The molecule has 56 heavy (non-hydrogen) atoms. The quantitative estimate of drug-likeness (QED) is 0.154. The monoisotopic (exact) mass is 713 g/mol. The zero-order chi connectivity index (χ0) is 37.3. The van der Waals surface area contributed by atoms with Crippen LogP contribution in [0.2, 0.25) is 0 Å². The van der Waals surface area contributed by atoms with Gasteiger partial charge in [0.1, 0.15) is 0 Å². The van der Waals surface area contributed by atoms with E-state index in [-0.39, 0.29) is 0 Å². The van der Waals surface area contributed by atoms with Crippen LogP contribution in [0.3, 0.4) is 0 Å². The Morgan fingerprint density at radius 1 is 0.268 bits per heavy atom. The molecule has 0 atom stereocenters. The standard InChI is InChI=1S/C53H35N3/c1-5-15-36(16-6-1)37-25-29-41(30-26-37)49-35-50(56-53(55-49)43-21-11-4-12-22-43)42-31-27-39(28-32-42)47-33-44-23-13-14-24-45(44)51-46(38-17-7-2-8-18-38)34-48(54-52(47)51)40-19-9-3-10-20-40/h1-35H. The van der Waals surface area contributed by atoms with Crippen LogP contribution in [-0.4, -0.2) is 15.0 Å². The lowest BCUT2D eigenvalue weighted by molar-refractivity contribution is 1.18. The van der Waals surface area contributed by atoms with Crippen molar-refractivity contribution in [2.75, 3.05) is 0 Å². The molecule has 0 N–H and O–H groups in total. The van der Waals surface area contributed by atoms with Crippen molar-refractivity contribution < 1.29 is 0 Å². The first-order valence-electron chi connectivity index (χ1n) is 18.9. The van der Waals surface area contributed by atoms with Crippen LogP contribution in [0.5, 0.6) is 0 Å². The van der Waals surface area contributed by atoms with Gasteiger partial charge in [0.15, 0.2) is 5.82 Å². The average Bonchev–Trinajstić information content (AvgIpc) is 3.29. The van der Waals surface area contributed by atoms with E-state index < -0.39 is 0 Å². The van der Waals surface area contributed by atoms with Gasteiger partial charge in [-0.25, -0.2) is 15.0 Å². The van der Waals surface area contributed by atoms with E-state index in [1.165, 1.54) is 33.0 Å². The van der Waals surface area contributed by atoms with E-state index in [0.717, 1.165) is 61.4 Å². The molecule has 2 aromatic heterocycles. The normalized spacial score (nSPS) is 11.2. The highest BCUT2D eigenvalue weighted by Crippen LogP contribution is 2.42. The molecule has 0 saturated heterocycles. The van der Waals surface area contributed by atoms with Gasteiger partial charge in [0.25, 0.3) is 0 Å². The van der Waals surface area contributed by atoms with Crippen LogP contribution < -0.4 is 0 Å². The van der Waals surface area contributed by atoms with Crippen molar-refractivity contribution in [1.29, 1.82) is 0 Å². The van der Waals surface area contributed by atoms with Crippen LogP contribution in [0, 0.1) is 0 Å². The second kappa shape index (κ2) is 14.4. The number of benzene rings is 8. The highest BCUT2D eigenvalue weighted by Gasteiger charge is 2.18. The second-order valence-corrected chi connectivity index (χ2v) is 14.0. The Morgan fingerprint density at radius 2 is 0.679 bits per heavy atom. The van der Waals surface area contributed by atoms with Crippen molar-refractivity contribution in [3.63, 3.8) is 0 Å². The van der Waals surface area contributed by atoms with Gasteiger partial charge in [-0.3, -0.25) is 0 Å². The Balaban J connectivity index is 1.12. The van der Waals surface area contributed by atoms with Gasteiger partial charge >= 0.3 is 0 Å². The van der Waals surface area contributed by atoms with E-state index in [2.05, 4.69) is 182 Å². The molecule has 8 aromatic carbocycles. The molecule has 0 bridgehead atoms. The number of pyridine rings is 1. The third-order valence-electron chi connectivity index (χ3n) is 10.5. The topological polar surface area (TPSA) is 38.7 Å². The van der Waals surface area contributed by atoms with Gasteiger partial charge < -0.3 is 0 Å². The van der Waals surface area contributed by atoms with E-state index in [1.54, 1.807) is 0 Å². The third kappa shape index (κ3) is 6.31. The maximum atomic E-state index is 5.43. The fourth-order valence-electron chi connectivity index (χ4n) is 7.65. The maximum Gasteiger partial charge on any atom is 0.160 e. The van der Waals surface area contributed by atoms with Gasteiger partial charge in [0, 0.05) is 33.2 Å². The summed E-state index contributed by atoms with van der Waals surface area (Å²) in [6.07, 6.45) is 0. The van der Waals surface area contributed by atoms with Crippen molar-refractivity contribution in [2.24, 2.45) is 0 Å². The molecule has 0 aliphatic heterocycles. The lowest BCUT2D eigenvalue weighted by Gasteiger charge is -2.17. The minimum Gasteiger partial charge on any atom is -0.247 e. The summed E-state index contributed by atoms with van der Waals surface area (Å²) in [5.74, 6) is 0.695. The molecule has 0 radical (unpaired) electrons. The predicted octanol–water partition coefficient (Wildman–Crippen LogP) is 13.8. The number of aromatic nitrogens is 3. The minimum atomic E-state index is 0.695. The van der Waals surface area contributed by atoms with E-state index >= 15 is 0 Å². The minimum absolute atomic E-state index is 0.695. The SMILES string of the molecule is c1ccc(-c2ccc(-c3cc(-c4ccc(-c5cc6ccccc6c6c(-c7ccccc7)cc(-c7ccccc7)nc56)cc4)nc(-c4ccccc4)n3)cc2)cc1. The smallest absolute Gasteiger partial charge is 0.160 e. The highest BCUT2D eigenvalue weighted by molar-refractivity contribution is 6.18. The highest BCUT2D eigenvalue weighted by atomic mass is 14.9. The largest absolute Gasteiger partial charge is 0.247 e. The summed E-state index contributed by atoms with van der Waals surface area (Å²) < 4.78 is 0. The van der Waals surface area contributed by atoms with Gasteiger partial charge in [0.2, 0.25) is 0 Å². The van der Waals surface area contributed by atoms with E-state index in [0.29, 0.717) is 5.82 Å². The van der Waals surface area contributed by atoms with Crippen LogP contribution in [0.1, 0.15) is 0 Å². The molecule has 0 aliphatic carbocycles. The average molecular weight is 714 g/mol. The molecule has 3 nitrogen and oxygen atoms in total. The summed E-state index contributed by atoms with van der Waals surface area (Å²) in [4.78, 5) is 15.6. The van der Waals surface area contributed by atoms with Crippen molar-refractivity contribution >= 4 is 21.7 Å². The number of fused-ring (bicyclic) bond motifs is 3. The molecule has 0 saturated carbocycles. The van der Waals surface area contributed by atoms with E-state index in [9.17, 15) is 0 Å². The first-order valence-corrected chi connectivity index (χ1v) is 18.9. The van der Waals surface area contributed by atoms with E-state index in [1.807, 2.05) is 30.3 Å². The van der Waals surface area contributed by atoms with E-state index in [4.69, 9.17) is 15.0 Å². The number of hydrogen-bond donors (Lipinski definition) is 0. The fraction of sp³-hybridized carbons (Fsp3) is 0. The van der Waals surface area contributed by atoms with Gasteiger partial charge in [0.05, 0.1) is 22.6 Å². The summed E-state index contributed by atoms with van der Waals surface area (Å²) in [5.41, 5.74) is 14.7. The number of hydrogen-bond acceptors (Lipinski definition) is 3. The Bertz CT molecular complexity index is 2960.